The summed E-state index contributed by atoms with van der Waals surface area (Å²) in [4.78, 5) is 15.1. The summed E-state index contributed by atoms with van der Waals surface area (Å²) in [5, 5.41) is 18.6. The van der Waals surface area contributed by atoms with Gasteiger partial charge >= 0.3 is 5.97 Å². The molecule has 0 aliphatic heterocycles. The van der Waals surface area contributed by atoms with Crippen molar-refractivity contribution in [1.82, 2.24) is 4.98 Å². The van der Waals surface area contributed by atoms with Crippen molar-refractivity contribution in [2.75, 3.05) is 19.5 Å². The third kappa shape index (κ3) is 3.96. The monoisotopic (exact) mass is 389 g/mol. The van der Waals surface area contributed by atoms with E-state index in [0.717, 1.165) is 11.1 Å². The van der Waals surface area contributed by atoms with Gasteiger partial charge in [-0.3, -0.25) is 0 Å². The normalized spacial score (nSPS) is 10.2. The molecule has 0 saturated heterocycles. The van der Waals surface area contributed by atoms with Crippen molar-refractivity contribution in [3.05, 3.63) is 59.8 Å². The lowest BCUT2D eigenvalue weighted by molar-refractivity contribution is -0.139. The Kier molecular flexibility index (Phi) is 5.65. The number of nitrogens with zero attached hydrogens (tertiary/aromatic N) is 2. The molecule has 146 valence electrons. The lowest BCUT2D eigenvalue weighted by atomic mass is 9.90. The van der Waals surface area contributed by atoms with E-state index in [1.807, 2.05) is 37.3 Å². The number of rotatable bonds is 6. The predicted octanol–water partition coefficient (Wildman–Crippen LogP) is 3.65. The Labute approximate surface area is 168 Å². The number of hydrogen-bond donors (Lipinski definition) is 2. The minimum absolute atomic E-state index is 0.143. The van der Waals surface area contributed by atoms with Crippen LogP contribution in [-0.2, 0) is 4.79 Å². The smallest absolute Gasteiger partial charge is 0.341 e. The van der Waals surface area contributed by atoms with Gasteiger partial charge in [-0.05, 0) is 30.2 Å². The number of methoxy groups -OCH3 is 1. The Morgan fingerprint density at radius 3 is 2.48 bits per heavy atom. The number of benzene rings is 2. The molecule has 1 heterocycles. The van der Waals surface area contributed by atoms with Gasteiger partial charge in [0.1, 0.15) is 17.5 Å². The molecule has 3 aromatic rings. The summed E-state index contributed by atoms with van der Waals surface area (Å²) in [6.07, 6.45) is 0. The van der Waals surface area contributed by atoms with Gasteiger partial charge < -0.3 is 20.3 Å². The van der Waals surface area contributed by atoms with Gasteiger partial charge in [-0.15, -0.1) is 0 Å². The lowest BCUT2D eigenvalue weighted by Crippen LogP contribution is -2.10. The molecular weight excluding hydrogens is 370 g/mol. The van der Waals surface area contributed by atoms with Gasteiger partial charge in [-0.1, -0.05) is 36.4 Å². The molecular formula is C22H19N3O4. The highest BCUT2D eigenvalue weighted by atomic mass is 16.5. The minimum atomic E-state index is -1.09. The number of nitrogens with two attached hydrogens (primary N) is 1. The zero-order valence-corrected chi connectivity index (χ0v) is 16.0. The molecule has 0 radical (unpaired) electrons. The van der Waals surface area contributed by atoms with Crippen LogP contribution in [0.25, 0.3) is 22.3 Å². The minimum Gasteiger partial charge on any atom is -0.493 e. The van der Waals surface area contributed by atoms with E-state index >= 15 is 0 Å². The van der Waals surface area contributed by atoms with E-state index < -0.39 is 12.6 Å². The first kappa shape index (κ1) is 19.7. The largest absolute Gasteiger partial charge is 0.493 e. The zero-order valence-electron chi connectivity index (χ0n) is 16.0. The molecule has 0 amide bonds. The molecule has 3 rings (SSSR count). The number of carboxylic acid groups (broad SMARTS) is 1. The van der Waals surface area contributed by atoms with Crippen LogP contribution in [0.2, 0.25) is 0 Å². The van der Waals surface area contributed by atoms with Crippen LogP contribution in [0.15, 0.2) is 48.5 Å². The number of aliphatic carboxylic acids is 1. The maximum atomic E-state index is 10.8. The van der Waals surface area contributed by atoms with E-state index in [1.54, 1.807) is 18.2 Å². The van der Waals surface area contributed by atoms with Crippen LogP contribution in [0.4, 0.5) is 5.82 Å². The van der Waals surface area contributed by atoms with Crippen molar-refractivity contribution in [3.63, 3.8) is 0 Å². The number of aromatic nitrogens is 1. The van der Waals surface area contributed by atoms with E-state index in [4.69, 9.17) is 20.3 Å². The van der Waals surface area contributed by atoms with Gasteiger partial charge in [-0.25, -0.2) is 9.78 Å². The van der Waals surface area contributed by atoms with Crippen molar-refractivity contribution >= 4 is 11.8 Å². The molecule has 7 nitrogen and oxygen atoms in total. The van der Waals surface area contributed by atoms with Crippen molar-refractivity contribution in [2.45, 2.75) is 6.92 Å². The Bertz CT molecular complexity index is 1110. The molecule has 0 atom stereocenters. The third-order valence-corrected chi connectivity index (χ3v) is 4.38. The summed E-state index contributed by atoms with van der Waals surface area (Å²) in [6.45, 7) is 1.35. The Morgan fingerprint density at radius 1 is 1.14 bits per heavy atom. The van der Waals surface area contributed by atoms with Gasteiger partial charge in [0.05, 0.1) is 7.11 Å². The average Bonchev–Trinajstić information content (AvgIpc) is 2.72. The quantitative estimate of drug-likeness (QED) is 0.660. The van der Waals surface area contributed by atoms with E-state index in [2.05, 4.69) is 11.1 Å². The van der Waals surface area contributed by atoms with Crippen LogP contribution in [0.5, 0.6) is 11.5 Å². The van der Waals surface area contributed by atoms with Crippen molar-refractivity contribution in [3.8, 4) is 39.8 Å². The van der Waals surface area contributed by atoms with Gasteiger partial charge in [0, 0.05) is 16.8 Å². The molecule has 0 bridgehead atoms. The molecule has 0 fully saturated rings. The molecule has 0 aliphatic carbocycles. The number of pyridine rings is 1. The summed E-state index contributed by atoms with van der Waals surface area (Å²) in [7, 11) is 1.46. The second kappa shape index (κ2) is 8.31. The number of carboxylic acids is 1. The number of nitriles is 1. The van der Waals surface area contributed by atoms with Crippen LogP contribution in [0, 0.1) is 18.3 Å². The fraction of sp³-hybridized carbons (Fsp3) is 0.136. The summed E-state index contributed by atoms with van der Waals surface area (Å²) in [5.41, 5.74) is 9.99. The lowest BCUT2D eigenvalue weighted by Gasteiger charge is -2.17. The SMILES string of the molecule is COc1cc(-c2c(C#N)c(N)nc(C)c2-c2ccccc2)ccc1OCC(=O)O. The molecule has 0 unspecified atom stereocenters. The maximum Gasteiger partial charge on any atom is 0.341 e. The molecule has 3 N–H and O–H groups in total. The highest BCUT2D eigenvalue weighted by molar-refractivity contribution is 5.91. The number of ether oxygens (including phenoxy) is 2. The summed E-state index contributed by atoms with van der Waals surface area (Å²) < 4.78 is 10.6. The summed E-state index contributed by atoms with van der Waals surface area (Å²) in [6, 6.07) is 16.8. The van der Waals surface area contributed by atoms with Crippen LogP contribution in [-0.4, -0.2) is 29.8 Å². The molecule has 2 aromatic carbocycles. The van der Waals surface area contributed by atoms with E-state index in [9.17, 15) is 10.1 Å². The topological polar surface area (TPSA) is 118 Å². The second-order valence-electron chi connectivity index (χ2n) is 6.23. The van der Waals surface area contributed by atoms with E-state index in [1.165, 1.54) is 7.11 Å². The Balaban J connectivity index is 2.25. The molecule has 0 spiro atoms. The predicted molar refractivity (Wildman–Crippen MR) is 109 cm³/mol. The number of aryl methyl sites for hydroxylation is 1. The van der Waals surface area contributed by atoms with Crippen LogP contribution in [0.3, 0.4) is 0 Å². The van der Waals surface area contributed by atoms with Gasteiger partial charge in [0.15, 0.2) is 18.1 Å². The first-order chi connectivity index (χ1) is 14.0. The van der Waals surface area contributed by atoms with Gasteiger partial charge in [-0.2, -0.15) is 5.26 Å². The second-order valence-corrected chi connectivity index (χ2v) is 6.23. The Morgan fingerprint density at radius 2 is 1.86 bits per heavy atom. The molecule has 0 aliphatic rings. The number of anilines is 1. The van der Waals surface area contributed by atoms with Crippen molar-refractivity contribution in [2.24, 2.45) is 0 Å². The molecule has 7 heteroatoms. The standard InChI is InChI=1S/C22H19N3O4/c1-13-20(14-6-4-3-5-7-14)21(16(11-23)22(24)25-13)15-8-9-17(18(10-15)28-2)29-12-19(26)27/h3-10H,12H2,1-2H3,(H2,24,25)(H,26,27). The average molecular weight is 389 g/mol. The highest BCUT2D eigenvalue weighted by Gasteiger charge is 2.21. The fourth-order valence-corrected chi connectivity index (χ4v) is 3.17. The maximum absolute atomic E-state index is 10.8. The first-order valence-corrected chi connectivity index (χ1v) is 8.74. The molecule has 0 saturated carbocycles. The van der Waals surface area contributed by atoms with Gasteiger partial charge in [0.25, 0.3) is 0 Å². The number of carbonyl (C=O) groups is 1. The van der Waals surface area contributed by atoms with Crippen molar-refractivity contribution in [1.29, 1.82) is 5.26 Å². The fourth-order valence-electron chi connectivity index (χ4n) is 3.17. The highest BCUT2D eigenvalue weighted by Crippen LogP contribution is 2.41. The van der Waals surface area contributed by atoms with Crippen molar-refractivity contribution < 1.29 is 19.4 Å². The zero-order chi connectivity index (χ0) is 21.0. The van der Waals surface area contributed by atoms with Crippen LogP contribution >= 0.6 is 0 Å². The third-order valence-electron chi connectivity index (χ3n) is 4.38. The van der Waals surface area contributed by atoms with E-state index in [0.29, 0.717) is 22.6 Å². The van der Waals surface area contributed by atoms with E-state index in [-0.39, 0.29) is 17.1 Å². The number of nitrogen functional groups attached to an aromatic ring is 1. The van der Waals surface area contributed by atoms with Crippen LogP contribution in [0.1, 0.15) is 11.3 Å². The van der Waals surface area contributed by atoms with Crippen LogP contribution < -0.4 is 15.2 Å². The van der Waals surface area contributed by atoms with Gasteiger partial charge in [0.2, 0.25) is 0 Å². The first-order valence-electron chi connectivity index (χ1n) is 8.74. The molecule has 29 heavy (non-hydrogen) atoms. The molecule has 1 aromatic heterocycles. The summed E-state index contributed by atoms with van der Waals surface area (Å²) in [5.74, 6) is -0.312. The summed E-state index contributed by atoms with van der Waals surface area (Å²) >= 11 is 0. The Hall–Kier alpha value is -4.05. The number of hydrogen-bond acceptors (Lipinski definition) is 6.